The average Bonchev–Trinajstić information content (AvgIpc) is 3.25. The van der Waals surface area contributed by atoms with Crippen molar-refractivity contribution in [3.63, 3.8) is 0 Å². The van der Waals surface area contributed by atoms with Gasteiger partial charge in [-0.05, 0) is 35.4 Å². The minimum absolute atomic E-state index is 0.139. The number of hydrazone groups is 1. The molecule has 1 unspecified atom stereocenters. The highest BCUT2D eigenvalue weighted by atomic mass is 16.5. The van der Waals surface area contributed by atoms with E-state index < -0.39 is 0 Å². The van der Waals surface area contributed by atoms with Crippen LogP contribution in [0, 0.1) is 0 Å². The number of nitrogens with zero attached hydrogens (tertiary/aromatic N) is 3. The van der Waals surface area contributed by atoms with Crippen molar-refractivity contribution < 1.29 is 9.53 Å². The molecule has 0 saturated heterocycles. The fourth-order valence-electron chi connectivity index (χ4n) is 3.50. The van der Waals surface area contributed by atoms with E-state index in [1.165, 1.54) is 0 Å². The van der Waals surface area contributed by atoms with Gasteiger partial charge in [0.2, 0.25) is 0 Å². The van der Waals surface area contributed by atoms with E-state index in [0.29, 0.717) is 6.42 Å². The number of methoxy groups -OCH3 is 1. The Kier molecular flexibility index (Phi) is 5.29. The van der Waals surface area contributed by atoms with Gasteiger partial charge in [-0.15, -0.1) is 0 Å². The lowest BCUT2D eigenvalue weighted by molar-refractivity contribution is 0.194. The number of rotatable bonds is 4. The van der Waals surface area contributed by atoms with E-state index in [4.69, 9.17) is 9.84 Å². The Balaban J connectivity index is 1.66. The zero-order valence-corrected chi connectivity index (χ0v) is 16.5. The number of anilines is 1. The van der Waals surface area contributed by atoms with Crippen molar-refractivity contribution in [2.75, 3.05) is 19.1 Å². The highest BCUT2D eigenvalue weighted by molar-refractivity contribution is 6.04. The predicted molar refractivity (Wildman–Crippen MR) is 115 cm³/mol. The maximum absolute atomic E-state index is 13.4. The third kappa shape index (κ3) is 3.85. The third-order valence-electron chi connectivity index (χ3n) is 5.14. The summed E-state index contributed by atoms with van der Waals surface area (Å²) in [6, 6.07) is 27.2. The Bertz CT molecular complexity index is 1000. The summed E-state index contributed by atoms with van der Waals surface area (Å²) in [6.07, 6.45) is 0.677. The molecule has 0 N–H and O–H groups in total. The standard InChI is InChI=1S/C24H23N3O2/c1-26(20-13-15-21(29-2)16-14-20)24(28)27-23(19-11-7-4-8-12-19)17-22(25-27)18-9-5-3-6-10-18/h3-16,23H,17H2,1-2H3. The molecule has 0 bridgehead atoms. The second kappa shape index (κ2) is 8.19. The fraction of sp³-hybridized carbons (Fsp3) is 0.167. The van der Waals surface area contributed by atoms with Gasteiger partial charge in [0.15, 0.2) is 0 Å². The van der Waals surface area contributed by atoms with E-state index in [0.717, 1.165) is 28.3 Å². The van der Waals surface area contributed by atoms with Gasteiger partial charge in [0.25, 0.3) is 0 Å². The molecule has 1 aliphatic rings. The maximum Gasteiger partial charge on any atom is 0.345 e. The van der Waals surface area contributed by atoms with Crippen LogP contribution in [0.5, 0.6) is 5.75 Å². The van der Waals surface area contributed by atoms with Crippen LogP contribution in [0.2, 0.25) is 0 Å². The van der Waals surface area contributed by atoms with E-state index in [1.807, 2.05) is 84.9 Å². The Morgan fingerprint density at radius 2 is 1.59 bits per heavy atom. The molecule has 1 atom stereocenters. The lowest BCUT2D eigenvalue weighted by atomic mass is 9.98. The monoisotopic (exact) mass is 385 g/mol. The van der Waals surface area contributed by atoms with E-state index in [-0.39, 0.29) is 12.1 Å². The SMILES string of the molecule is COc1ccc(N(C)C(=O)N2N=C(c3ccccc3)CC2c2ccccc2)cc1. The molecule has 146 valence electrons. The fourth-order valence-corrected chi connectivity index (χ4v) is 3.50. The molecule has 5 heteroatoms. The van der Waals surface area contributed by atoms with Crippen molar-refractivity contribution in [1.82, 2.24) is 5.01 Å². The largest absolute Gasteiger partial charge is 0.497 e. The van der Waals surface area contributed by atoms with Gasteiger partial charge in [-0.1, -0.05) is 60.7 Å². The van der Waals surface area contributed by atoms with Crippen molar-refractivity contribution >= 4 is 17.4 Å². The van der Waals surface area contributed by atoms with Gasteiger partial charge < -0.3 is 4.74 Å². The zero-order chi connectivity index (χ0) is 20.2. The van der Waals surface area contributed by atoms with Gasteiger partial charge >= 0.3 is 6.03 Å². The molecule has 0 aromatic heterocycles. The highest BCUT2D eigenvalue weighted by Gasteiger charge is 2.34. The topological polar surface area (TPSA) is 45.1 Å². The number of urea groups is 1. The summed E-state index contributed by atoms with van der Waals surface area (Å²) in [7, 11) is 3.39. The lowest BCUT2D eigenvalue weighted by Gasteiger charge is -2.27. The summed E-state index contributed by atoms with van der Waals surface area (Å²) in [5.74, 6) is 0.752. The van der Waals surface area contributed by atoms with E-state index in [9.17, 15) is 4.79 Å². The molecule has 2 amide bonds. The lowest BCUT2D eigenvalue weighted by Crippen LogP contribution is -2.38. The summed E-state index contributed by atoms with van der Waals surface area (Å²) < 4.78 is 5.21. The van der Waals surface area contributed by atoms with Gasteiger partial charge in [-0.2, -0.15) is 5.10 Å². The third-order valence-corrected chi connectivity index (χ3v) is 5.14. The predicted octanol–water partition coefficient (Wildman–Crippen LogP) is 5.10. The quantitative estimate of drug-likeness (QED) is 0.627. The van der Waals surface area contributed by atoms with E-state index >= 15 is 0 Å². The van der Waals surface area contributed by atoms with Crippen molar-refractivity contribution in [2.45, 2.75) is 12.5 Å². The first kappa shape index (κ1) is 18.7. The molecule has 1 heterocycles. The molecule has 3 aromatic carbocycles. The number of benzene rings is 3. The van der Waals surface area contributed by atoms with Crippen LogP contribution in [-0.2, 0) is 0 Å². The number of carbonyl (C=O) groups is 1. The Morgan fingerprint density at radius 1 is 0.966 bits per heavy atom. The van der Waals surface area contributed by atoms with Crippen LogP contribution in [0.25, 0.3) is 0 Å². The number of amides is 2. The summed E-state index contributed by atoms with van der Waals surface area (Å²) in [5, 5.41) is 6.33. The second-order valence-corrected chi connectivity index (χ2v) is 6.93. The van der Waals surface area contributed by atoms with Crippen LogP contribution < -0.4 is 9.64 Å². The van der Waals surface area contributed by atoms with Crippen LogP contribution in [-0.4, -0.2) is 30.9 Å². The Morgan fingerprint density at radius 3 is 2.21 bits per heavy atom. The number of ether oxygens (including phenoxy) is 1. The maximum atomic E-state index is 13.4. The van der Waals surface area contributed by atoms with E-state index in [2.05, 4.69) is 0 Å². The summed E-state index contributed by atoms with van der Waals surface area (Å²) in [6.45, 7) is 0. The van der Waals surface area contributed by atoms with Gasteiger partial charge in [-0.3, -0.25) is 4.90 Å². The molecule has 1 aliphatic heterocycles. The van der Waals surface area contributed by atoms with Crippen molar-refractivity contribution in [3.05, 3.63) is 96.1 Å². The first-order valence-corrected chi connectivity index (χ1v) is 9.56. The zero-order valence-electron chi connectivity index (χ0n) is 16.5. The normalized spacial score (nSPS) is 15.7. The summed E-state index contributed by atoms with van der Waals surface area (Å²) in [4.78, 5) is 15.0. The molecule has 3 aromatic rings. The molecule has 0 spiro atoms. The van der Waals surface area contributed by atoms with Crippen LogP contribution in [0.1, 0.15) is 23.6 Å². The molecule has 5 nitrogen and oxygen atoms in total. The molecule has 29 heavy (non-hydrogen) atoms. The van der Waals surface area contributed by atoms with Crippen molar-refractivity contribution in [1.29, 1.82) is 0 Å². The van der Waals surface area contributed by atoms with Gasteiger partial charge in [0, 0.05) is 19.2 Å². The van der Waals surface area contributed by atoms with Gasteiger partial charge in [0.1, 0.15) is 5.75 Å². The number of hydrogen-bond donors (Lipinski definition) is 0. The molecular weight excluding hydrogens is 362 g/mol. The van der Waals surface area contributed by atoms with Crippen LogP contribution in [0.15, 0.2) is 90.0 Å². The molecule has 0 radical (unpaired) electrons. The van der Waals surface area contributed by atoms with Crippen molar-refractivity contribution in [2.24, 2.45) is 5.10 Å². The average molecular weight is 385 g/mol. The minimum Gasteiger partial charge on any atom is -0.497 e. The smallest absolute Gasteiger partial charge is 0.345 e. The van der Waals surface area contributed by atoms with Gasteiger partial charge in [0.05, 0.1) is 18.9 Å². The summed E-state index contributed by atoms with van der Waals surface area (Å²) in [5.41, 5.74) is 3.80. The number of carbonyl (C=O) groups excluding carboxylic acids is 1. The first-order chi connectivity index (χ1) is 14.2. The van der Waals surface area contributed by atoms with Crippen molar-refractivity contribution in [3.8, 4) is 5.75 Å². The van der Waals surface area contributed by atoms with Gasteiger partial charge in [-0.25, -0.2) is 9.80 Å². The van der Waals surface area contributed by atoms with Crippen LogP contribution in [0.4, 0.5) is 10.5 Å². The first-order valence-electron chi connectivity index (χ1n) is 9.56. The molecule has 0 aliphatic carbocycles. The molecule has 0 saturated carbocycles. The minimum atomic E-state index is -0.171. The molecule has 4 rings (SSSR count). The van der Waals surface area contributed by atoms with Crippen LogP contribution >= 0.6 is 0 Å². The molecule has 0 fully saturated rings. The highest BCUT2D eigenvalue weighted by Crippen LogP contribution is 2.34. The summed E-state index contributed by atoms with van der Waals surface area (Å²) >= 11 is 0. The van der Waals surface area contributed by atoms with Crippen LogP contribution in [0.3, 0.4) is 0 Å². The van der Waals surface area contributed by atoms with E-state index in [1.54, 1.807) is 24.1 Å². The second-order valence-electron chi connectivity index (χ2n) is 6.93. The number of hydrogen-bond acceptors (Lipinski definition) is 3. The Hall–Kier alpha value is -3.60. The Labute approximate surface area is 170 Å². The molecular formula is C24H23N3O2.